The van der Waals surface area contributed by atoms with Crippen LogP contribution in [0.15, 0.2) is 72.8 Å². The van der Waals surface area contributed by atoms with Crippen molar-refractivity contribution in [2.45, 2.75) is 13.8 Å². The number of nitrogens with zero attached hydrogens (tertiary/aromatic N) is 1. The molecule has 0 atom stereocenters. The maximum absolute atomic E-state index is 13.1. The minimum Gasteiger partial charge on any atom is -0.507 e. The molecule has 0 aliphatic rings. The summed E-state index contributed by atoms with van der Waals surface area (Å²) in [5.74, 6) is -0.871. The molecule has 0 radical (unpaired) electrons. The van der Waals surface area contributed by atoms with Gasteiger partial charge in [0, 0.05) is 36.1 Å². The number of hydrogen-bond donors (Lipinski definition) is 2. The number of phenolic OH excluding ortho intramolecular Hbond substituents is 1. The molecular weight excluding hydrogens is 364 g/mol. The first-order valence-electron chi connectivity index (χ1n) is 9.63. The summed E-state index contributed by atoms with van der Waals surface area (Å²) in [5.41, 5.74) is 2.16. The fourth-order valence-electron chi connectivity index (χ4n) is 3.24. The number of para-hydroxylation sites is 1. The Morgan fingerprint density at radius 2 is 1.45 bits per heavy atom. The smallest absolute Gasteiger partial charge is 0.256 e. The topological polar surface area (TPSA) is 69.6 Å². The van der Waals surface area contributed by atoms with Gasteiger partial charge in [-0.2, -0.15) is 0 Å². The summed E-state index contributed by atoms with van der Waals surface area (Å²) >= 11 is 0. The van der Waals surface area contributed by atoms with Crippen LogP contribution in [0.1, 0.15) is 40.1 Å². The molecule has 2 N–H and O–H groups in total. The Labute approximate surface area is 170 Å². The van der Waals surface area contributed by atoms with Gasteiger partial charge in [0.2, 0.25) is 0 Å². The molecule has 0 fully saturated rings. The normalized spacial score (nSPS) is 10.4. The van der Waals surface area contributed by atoms with Crippen LogP contribution in [-0.4, -0.2) is 29.9 Å². The number of carbonyl (C=O) groups is 2. The van der Waals surface area contributed by atoms with Crippen LogP contribution in [-0.2, 0) is 0 Å². The number of hydrogen-bond acceptors (Lipinski definition) is 4. The highest BCUT2D eigenvalue weighted by Gasteiger charge is 2.21. The number of phenols is 1. The molecule has 5 nitrogen and oxygen atoms in total. The lowest BCUT2D eigenvalue weighted by molar-refractivity contribution is 0.0995. The molecule has 5 heteroatoms. The van der Waals surface area contributed by atoms with E-state index >= 15 is 0 Å². The fraction of sp³-hybridized carbons (Fsp3) is 0.167. The molecule has 148 valence electrons. The summed E-state index contributed by atoms with van der Waals surface area (Å²) < 4.78 is 0. The van der Waals surface area contributed by atoms with Crippen molar-refractivity contribution in [3.05, 3.63) is 89.5 Å². The Bertz CT molecular complexity index is 1010. The molecule has 0 unspecified atom stereocenters. The van der Waals surface area contributed by atoms with Gasteiger partial charge in [0.15, 0.2) is 5.78 Å². The van der Waals surface area contributed by atoms with Crippen molar-refractivity contribution in [1.82, 2.24) is 0 Å². The SMILES string of the molecule is CCN(CC)c1ccc(C(=O)c2ccccc2C(=O)Nc2ccccc2)c(O)c1. The van der Waals surface area contributed by atoms with E-state index < -0.39 is 5.78 Å². The van der Waals surface area contributed by atoms with E-state index in [0.717, 1.165) is 18.8 Å². The van der Waals surface area contributed by atoms with Crippen molar-refractivity contribution in [3.8, 4) is 5.75 Å². The van der Waals surface area contributed by atoms with E-state index in [-0.39, 0.29) is 28.3 Å². The first-order chi connectivity index (χ1) is 14.0. The zero-order valence-electron chi connectivity index (χ0n) is 16.6. The van der Waals surface area contributed by atoms with E-state index in [1.54, 1.807) is 48.5 Å². The van der Waals surface area contributed by atoms with E-state index in [2.05, 4.69) is 10.2 Å². The largest absolute Gasteiger partial charge is 0.507 e. The van der Waals surface area contributed by atoms with Gasteiger partial charge in [-0.25, -0.2) is 0 Å². The quantitative estimate of drug-likeness (QED) is 0.575. The lowest BCUT2D eigenvalue weighted by atomic mass is 9.97. The fourth-order valence-corrected chi connectivity index (χ4v) is 3.24. The van der Waals surface area contributed by atoms with Crippen LogP contribution >= 0.6 is 0 Å². The van der Waals surface area contributed by atoms with Crippen molar-refractivity contribution in [2.75, 3.05) is 23.3 Å². The molecule has 3 aromatic rings. The second kappa shape index (κ2) is 9.06. The van der Waals surface area contributed by atoms with Crippen molar-refractivity contribution in [3.63, 3.8) is 0 Å². The van der Waals surface area contributed by atoms with Crippen LogP contribution in [0.25, 0.3) is 0 Å². The van der Waals surface area contributed by atoms with Crippen LogP contribution in [0.5, 0.6) is 5.75 Å². The molecule has 0 spiro atoms. The van der Waals surface area contributed by atoms with E-state index in [4.69, 9.17) is 0 Å². The zero-order valence-corrected chi connectivity index (χ0v) is 16.6. The van der Waals surface area contributed by atoms with Gasteiger partial charge >= 0.3 is 0 Å². The van der Waals surface area contributed by atoms with Crippen LogP contribution in [0.2, 0.25) is 0 Å². The molecule has 0 saturated heterocycles. The summed E-state index contributed by atoms with van der Waals surface area (Å²) in [6.07, 6.45) is 0. The third-order valence-corrected chi connectivity index (χ3v) is 4.80. The lowest BCUT2D eigenvalue weighted by Crippen LogP contribution is -2.21. The third kappa shape index (κ3) is 4.46. The molecule has 0 saturated carbocycles. The number of anilines is 2. The highest BCUT2D eigenvalue weighted by atomic mass is 16.3. The summed E-state index contributed by atoms with van der Waals surface area (Å²) in [7, 11) is 0. The summed E-state index contributed by atoms with van der Waals surface area (Å²) in [6, 6.07) is 20.7. The van der Waals surface area contributed by atoms with Gasteiger partial charge in [-0.1, -0.05) is 36.4 Å². The van der Waals surface area contributed by atoms with E-state index in [0.29, 0.717) is 5.69 Å². The Balaban J connectivity index is 1.91. The Morgan fingerprint density at radius 3 is 2.07 bits per heavy atom. The Hall–Kier alpha value is -3.60. The van der Waals surface area contributed by atoms with Crippen LogP contribution in [0.4, 0.5) is 11.4 Å². The van der Waals surface area contributed by atoms with Gasteiger partial charge in [0.1, 0.15) is 5.75 Å². The van der Waals surface area contributed by atoms with Gasteiger partial charge in [-0.3, -0.25) is 9.59 Å². The molecule has 1 amide bonds. The van der Waals surface area contributed by atoms with Gasteiger partial charge < -0.3 is 15.3 Å². The second-order valence-electron chi connectivity index (χ2n) is 6.57. The summed E-state index contributed by atoms with van der Waals surface area (Å²) in [6.45, 7) is 5.65. The number of nitrogens with one attached hydrogen (secondary N) is 1. The van der Waals surface area contributed by atoms with E-state index in [9.17, 15) is 14.7 Å². The number of benzene rings is 3. The number of amides is 1. The molecular formula is C24H24N2O3. The summed E-state index contributed by atoms with van der Waals surface area (Å²) in [5, 5.41) is 13.3. The van der Waals surface area contributed by atoms with Crippen molar-refractivity contribution in [2.24, 2.45) is 0 Å². The third-order valence-electron chi connectivity index (χ3n) is 4.80. The molecule has 0 bridgehead atoms. The minimum atomic E-state index is -0.396. The average Bonchev–Trinajstić information content (AvgIpc) is 2.75. The van der Waals surface area contributed by atoms with E-state index in [1.807, 2.05) is 38.1 Å². The van der Waals surface area contributed by atoms with Gasteiger partial charge in [0.25, 0.3) is 5.91 Å². The monoisotopic (exact) mass is 388 g/mol. The van der Waals surface area contributed by atoms with Crippen molar-refractivity contribution < 1.29 is 14.7 Å². The molecule has 0 aliphatic heterocycles. The zero-order chi connectivity index (χ0) is 20.8. The lowest BCUT2D eigenvalue weighted by Gasteiger charge is -2.21. The standard InChI is InChI=1S/C24H24N2O3/c1-3-26(4-2)18-14-15-21(22(27)16-18)23(28)19-12-8-9-13-20(19)24(29)25-17-10-6-5-7-11-17/h5-16,27H,3-4H2,1-2H3,(H,25,29). The Morgan fingerprint density at radius 1 is 0.828 bits per heavy atom. The molecule has 0 aromatic heterocycles. The number of aromatic hydroxyl groups is 1. The number of rotatable bonds is 7. The van der Waals surface area contributed by atoms with Gasteiger partial charge in [-0.05, 0) is 44.2 Å². The summed E-state index contributed by atoms with van der Waals surface area (Å²) in [4.78, 5) is 27.9. The number of ketones is 1. The molecule has 0 aliphatic carbocycles. The molecule has 29 heavy (non-hydrogen) atoms. The van der Waals surface area contributed by atoms with Crippen molar-refractivity contribution in [1.29, 1.82) is 0 Å². The second-order valence-corrected chi connectivity index (χ2v) is 6.57. The number of carbonyl (C=O) groups excluding carboxylic acids is 2. The highest BCUT2D eigenvalue weighted by Crippen LogP contribution is 2.28. The van der Waals surface area contributed by atoms with Crippen LogP contribution < -0.4 is 10.2 Å². The minimum absolute atomic E-state index is 0.0994. The van der Waals surface area contributed by atoms with Gasteiger partial charge in [-0.15, -0.1) is 0 Å². The predicted molar refractivity (Wildman–Crippen MR) is 116 cm³/mol. The van der Waals surface area contributed by atoms with Crippen molar-refractivity contribution >= 4 is 23.1 Å². The maximum atomic E-state index is 13.1. The van der Waals surface area contributed by atoms with Crippen LogP contribution in [0, 0.1) is 0 Å². The molecule has 3 rings (SSSR count). The molecule has 0 heterocycles. The van der Waals surface area contributed by atoms with E-state index in [1.165, 1.54) is 0 Å². The van der Waals surface area contributed by atoms with Gasteiger partial charge in [0.05, 0.1) is 11.1 Å². The Kier molecular flexibility index (Phi) is 6.29. The van der Waals surface area contributed by atoms with Crippen LogP contribution in [0.3, 0.4) is 0 Å². The highest BCUT2D eigenvalue weighted by molar-refractivity contribution is 6.18. The first kappa shape index (κ1) is 20.1. The first-order valence-corrected chi connectivity index (χ1v) is 9.63. The average molecular weight is 388 g/mol. The molecule has 3 aromatic carbocycles. The predicted octanol–water partition coefficient (Wildman–Crippen LogP) is 4.72. The maximum Gasteiger partial charge on any atom is 0.256 e.